The van der Waals surface area contributed by atoms with Crippen LogP contribution in [-0.4, -0.2) is 26.4 Å². The molecular weight excluding hydrogens is 443 g/mol. The number of nitrogens with one attached hydrogen (secondary N) is 1. The van der Waals surface area contributed by atoms with E-state index in [1.807, 2.05) is 43.5 Å². The fraction of sp³-hybridized carbons (Fsp3) is 0.286. The number of hydrogen-bond acceptors (Lipinski definition) is 5. The predicted molar refractivity (Wildman–Crippen MR) is 122 cm³/mol. The first-order chi connectivity index (χ1) is 14.4. The third kappa shape index (κ3) is 5.47. The third-order valence-electron chi connectivity index (χ3n) is 4.37. The molecule has 0 saturated heterocycles. The first-order valence-electron chi connectivity index (χ1n) is 9.37. The number of benzene rings is 2. The van der Waals surface area contributed by atoms with E-state index in [0.717, 1.165) is 16.9 Å². The van der Waals surface area contributed by atoms with Gasteiger partial charge in [-0.25, -0.2) is 0 Å². The highest BCUT2D eigenvalue weighted by molar-refractivity contribution is 7.99. The number of carbonyl (C=O) groups is 1. The maximum atomic E-state index is 12.3. The van der Waals surface area contributed by atoms with Crippen LogP contribution in [0.25, 0.3) is 0 Å². The Morgan fingerprint density at radius 1 is 1.17 bits per heavy atom. The molecule has 0 aliphatic heterocycles. The summed E-state index contributed by atoms with van der Waals surface area (Å²) in [6.07, 6.45) is 0. The SMILES string of the molecule is CCn1c(COc2cc(C)ccc2C)nnc1SCC(=O)Nc1c(Cl)cccc1Cl. The summed E-state index contributed by atoms with van der Waals surface area (Å²) in [7, 11) is 0. The van der Waals surface area contributed by atoms with Gasteiger partial charge in [-0.1, -0.05) is 53.2 Å². The van der Waals surface area contributed by atoms with Crippen LogP contribution in [0.5, 0.6) is 5.75 Å². The number of aromatic nitrogens is 3. The first-order valence-corrected chi connectivity index (χ1v) is 11.1. The van der Waals surface area contributed by atoms with Crippen LogP contribution in [0.3, 0.4) is 0 Å². The molecule has 3 rings (SSSR count). The predicted octanol–water partition coefficient (Wildman–Crippen LogP) is 5.53. The molecule has 0 atom stereocenters. The van der Waals surface area contributed by atoms with Crippen molar-refractivity contribution in [1.29, 1.82) is 0 Å². The molecule has 0 fully saturated rings. The molecule has 1 heterocycles. The molecule has 30 heavy (non-hydrogen) atoms. The molecular formula is C21H22Cl2N4O2S. The van der Waals surface area contributed by atoms with Crippen molar-refractivity contribution in [2.45, 2.75) is 39.1 Å². The van der Waals surface area contributed by atoms with E-state index in [9.17, 15) is 4.79 Å². The highest BCUT2D eigenvalue weighted by atomic mass is 35.5. The second-order valence-electron chi connectivity index (χ2n) is 6.63. The minimum absolute atomic E-state index is 0.150. The number of hydrogen-bond donors (Lipinski definition) is 1. The van der Waals surface area contributed by atoms with Gasteiger partial charge in [0.25, 0.3) is 0 Å². The number of ether oxygens (including phenoxy) is 1. The van der Waals surface area contributed by atoms with Crippen molar-refractivity contribution >= 4 is 46.6 Å². The van der Waals surface area contributed by atoms with E-state index in [1.54, 1.807) is 18.2 Å². The third-order valence-corrected chi connectivity index (χ3v) is 5.97. The summed E-state index contributed by atoms with van der Waals surface area (Å²) in [5, 5.41) is 12.6. The van der Waals surface area contributed by atoms with Crippen molar-refractivity contribution in [3.8, 4) is 5.75 Å². The number of anilines is 1. The molecule has 2 aromatic carbocycles. The van der Waals surface area contributed by atoms with Crippen molar-refractivity contribution < 1.29 is 9.53 Å². The van der Waals surface area contributed by atoms with Crippen LogP contribution in [-0.2, 0) is 17.9 Å². The fourth-order valence-corrected chi connectivity index (χ4v) is 4.09. The van der Waals surface area contributed by atoms with Gasteiger partial charge in [-0.05, 0) is 50.1 Å². The van der Waals surface area contributed by atoms with Gasteiger partial charge < -0.3 is 14.6 Å². The molecule has 0 saturated carbocycles. The van der Waals surface area contributed by atoms with Crippen molar-refractivity contribution in [1.82, 2.24) is 14.8 Å². The van der Waals surface area contributed by atoms with Crippen LogP contribution >= 0.6 is 35.0 Å². The summed E-state index contributed by atoms with van der Waals surface area (Å²) in [5.41, 5.74) is 2.60. The van der Waals surface area contributed by atoms with Gasteiger partial charge in [0.1, 0.15) is 12.4 Å². The second-order valence-corrected chi connectivity index (χ2v) is 8.39. The van der Waals surface area contributed by atoms with Gasteiger partial charge in [0.15, 0.2) is 11.0 Å². The van der Waals surface area contributed by atoms with Gasteiger partial charge >= 0.3 is 0 Å². The zero-order valence-electron chi connectivity index (χ0n) is 16.9. The Labute approximate surface area is 189 Å². The monoisotopic (exact) mass is 464 g/mol. The quantitative estimate of drug-likeness (QED) is 0.443. The first kappa shape index (κ1) is 22.5. The number of thioether (sulfide) groups is 1. The Morgan fingerprint density at radius 3 is 2.60 bits per heavy atom. The number of para-hydroxylation sites is 1. The van der Waals surface area contributed by atoms with E-state index in [4.69, 9.17) is 27.9 Å². The molecule has 158 valence electrons. The molecule has 1 aromatic heterocycles. The molecule has 0 bridgehead atoms. The van der Waals surface area contributed by atoms with Gasteiger partial charge in [0.2, 0.25) is 5.91 Å². The fourth-order valence-electron chi connectivity index (χ4n) is 2.78. The van der Waals surface area contributed by atoms with Crippen LogP contribution in [0.4, 0.5) is 5.69 Å². The minimum atomic E-state index is -0.228. The van der Waals surface area contributed by atoms with Crippen LogP contribution in [0.15, 0.2) is 41.6 Å². The van der Waals surface area contributed by atoms with Crippen LogP contribution in [0.2, 0.25) is 10.0 Å². The summed E-state index contributed by atoms with van der Waals surface area (Å²) < 4.78 is 7.89. The lowest BCUT2D eigenvalue weighted by Gasteiger charge is -2.11. The normalized spacial score (nSPS) is 10.8. The topological polar surface area (TPSA) is 69.0 Å². The van der Waals surface area contributed by atoms with Crippen molar-refractivity contribution in [3.05, 3.63) is 63.4 Å². The van der Waals surface area contributed by atoms with Gasteiger partial charge in [0, 0.05) is 6.54 Å². The van der Waals surface area contributed by atoms with Crippen molar-refractivity contribution in [3.63, 3.8) is 0 Å². The average Bonchev–Trinajstić information content (AvgIpc) is 3.11. The lowest BCUT2D eigenvalue weighted by Crippen LogP contribution is -2.15. The Kier molecular flexibility index (Phi) is 7.64. The highest BCUT2D eigenvalue weighted by Crippen LogP contribution is 2.30. The standard InChI is InChI=1S/C21H22Cl2N4O2S/c1-4-27-18(11-29-17-10-13(2)8-9-14(17)3)25-26-21(27)30-12-19(28)24-20-15(22)6-5-7-16(20)23/h5-10H,4,11-12H2,1-3H3,(H,24,28). The number of carbonyl (C=O) groups excluding carboxylic acids is 1. The molecule has 6 nitrogen and oxygen atoms in total. The van der Waals surface area contributed by atoms with E-state index in [2.05, 4.69) is 15.5 Å². The van der Waals surface area contributed by atoms with E-state index in [-0.39, 0.29) is 11.7 Å². The number of rotatable bonds is 8. The van der Waals surface area contributed by atoms with Gasteiger partial charge in [-0.3, -0.25) is 4.79 Å². The van der Waals surface area contributed by atoms with Crippen molar-refractivity contribution in [2.75, 3.05) is 11.1 Å². The van der Waals surface area contributed by atoms with Crippen LogP contribution < -0.4 is 10.1 Å². The summed E-state index contributed by atoms with van der Waals surface area (Å²) >= 11 is 13.5. The Hall–Kier alpha value is -2.22. The zero-order valence-corrected chi connectivity index (χ0v) is 19.2. The minimum Gasteiger partial charge on any atom is -0.485 e. The Bertz CT molecular complexity index is 1040. The van der Waals surface area contributed by atoms with Crippen LogP contribution in [0.1, 0.15) is 23.9 Å². The zero-order chi connectivity index (χ0) is 21.7. The van der Waals surface area contributed by atoms with Gasteiger partial charge in [-0.15, -0.1) is 10.2 Å². The van der Waals surface area contributed by atoms with Crippen LogP contribution in [0, 0.1) is 13.8 Å². The molecule has 0 aliphatic rings. The smallest absolute Gasteiger partial charge is 0.234 e. The maximum absolute atomic E-state index is 12.3. The summed E-state index contributed by atoms with van der Waals surface area (Å²) in [6.45, 7) is 6.99. The summed E-state index contributed by atoms with van der Waals surface area (Å²) in [5.74, 6) is 1.45. The van der Waals surface area contributed by atoms with Gasteiger partial charge in [0.05, 0.1) is 21.5 Å². The number of nitrogens with zero attached hydrogens (tertiary/aromatic N) is 3. The van der Waals surface area contributed by atoms with E-state index in [0.29, 0.717) is 39.9 Å². The lowest BCUT2D eigenvalue weighted by molar-refractivity contribution is -0.113. The van der Waals surface area contributed by atoms with Crippen molar-refractivity contribution in [2.24, 2.45) is 0 Å². The molecule has 1 amide bonds. The largest absolute Gasteiger partial charge is 0.485 e. The summed E-state index contributed by atoms with van der Waals surface area (Å²) in [4.78, 5) is 12.3. The van der Waals surface area contributed by atoms with E-state index in [1.165, 1.54) is 11.8 Å². The molecule has 0 aliphatic carbocycles. The molecule has 0 spiro atoms. The summed E-state index contributed by atoms with van der Waals surface area (Å²) in [6, 6.07) is 11.1. The molecule has 0 radical (unpaired) electrons. The maximum Gasteiger partial charge on any atom is 0.234 e. The highest BCUT2D eigenvalue weighted by Gasteiger charge is 2.15. The Balaban J connectivity index is 1.62. The molecule has 1 N–H and O–H groups in total. The Morgan fingerprint density at radius 2 is 1.90 bits per heavy atom. The molecule has 9 heteroatoms. The number of aryl methyl sites for hydroxylation is 2. The lowest BCUT2D eigenvalue weighted by atomic mass is 10.1. The number of amides is 1. The molecule has 3 aromatic rings. The van der Waals surface area contributed by atoms with E-state index >= 15 is 0 Å². The molecule has 0 unspecified atom stereocenters. The van der Waals surface area contributed by atoms with E-state index < -0.39 is 0 Å². The van der Waals surface area contributed by atoms with Gasteiger partial charge in [-0.2, -0.15) is 0 Å². The average molecular weight is 465 g/mol. The second kappa shape index (κ2) is 10.2. The number of halogens is 2.